The van der Waals surface area contributed by atoms with Gasteiger partial charge < -0.3 is 10.1 Å². The van der Waals surface area contributed by atoms with Gasteiger partial charge in [0.1, 0.15) is 24.5 Å². The highest BCUT2D eigenvalue weighted by molar-refractivity contribution is 7.09. The molecule has 0 radical (unpaired) electrons. The number of nitrogens with zero attached hydrogens (tertiary/aromatic N) is 4. The molecule has 1 N–H and O–H groups in total. The molecule has 0 aliphatic heterocycles. The van der Waals surface area contributed by atoms with Crippen LogP contribution in [0.15, 0.2) is 66.7 Å². The molecular weight excluding hydrogens is 374 g/mol. The summed E-state index contributed by atoms with van der Waals surface area (Å²) < 4.78 is 7.53. The first-order chi connectivity index (χ1) is 13.7. The number of thiazole rings is 1. The second-order valence-electron chi connectivity index (χ2n) is 6.00. The molecule has 0 aliphatic carbocycles. The zero-order valence-corrected chi connectivity index (χ0v) is 15.9. The number of anilines is 1. The van der Waals surface area contributed by atoms with E-state index in [0.717, 1.165) is 16.5 Å². The molecule has 3 aromatic heterocycles. The predicted octanol–water partition coefficient (Wildman–Crippen LogP) is 3.86. The summed E-state index contributed by atoms with van der Waals surface area (Å²) in [6.45, 7) is 2.32. The first-order valence-corrected chi connectivity index (χ1v) is 9.45. The number of benzene rings is 1. The summed E-state index contributed by atoms with van der Waals surface area (Å²) in [5, 5.41) is 5.81. The molecule has 4 aromatic rings. The van der Waals surface area contributed by atoms with Gasteiger partial charge in [0, 0.05) is 23.3 Å². The van der Waals surface area contributed by atoms with Crippen molar-refractivity contribution >= 4 is 22.9 Å². The van der Waals surface area contributed by atoms with Gasteiger partial charge in [-0.15, -0.1) is 11.3 Å². The SMILES string of the molecule is Cc1nc(COc2cccc(C(=O)Nc3ccc(-n4ccnc4)nc3)c2)cs1. The quantitative estimate of drug-likeness (QED) is 0.540. The fourth-order valence-electron chi connectivity index (χ4n) is 2.57. The Morgan fingerprint density at radius 1 is 1.29 bits per heavy atom. The highest BCUT2D eigenvalue weighted by Gasteiger charge is 2.09. The summed E-state index contributed by atoms with van der Waals surface area (Å²) in [6, 6.07) is 10.7. The minimum absolute atomic E-state index is 0.230. The number of imidazole rings is 1. The number of aromatic nitrogens is 4. The Kier molecular flexibility index (Phi) is 5.11. The van der Waals surface area contributed by atoms with Gasteiger partial charge in [0.15, 0.2) is 0 Å². The number of carbonyl (C=O) groups is 1. The lowest BCUT2D eigenvalue weighted by molar-refractivity contribution is 0.102. The van der Waals surface area contributed by atoms with E-state index >= 15 is 0 Å². The summed E-state index contributed by atoms with van der Waals surface area (Å²) in [5.41, 5.74) is 1.99. The summed E-state index contributed by atoms with van der Waals surface area (Å²) >= 11 is 1.58. The zero-order valence-electron chi connectivity index (χ0n) is 15.1. The monoisotopic (exact) mass is 391 g/mol. The van der Waals surface area contributed by atoms with E-state index in [1.807, 2.05) is 24.4 Å². The molecular formula is C20H17N5O2S. The highest BCUT2D eigenvalue weighted by Crippen LogP contribution is 2.18. The standard InChI is InChI=1S/C20H17N5O2S/c1-14-23-17(12-28-14)11-27-18-4-2-3-15(9-18)20(26)24-16-5-6-19(22-10-16)25-8-7-21-13-25/h2-10,12-13H,11H2,1H3,(H,24,26). The number of hydrogen-bond acceptors (Lipinski definition) is 6. The van der Waals surface area contributed by atoms with Gasteiger partial charge in [0.05, 0.1) is 22.6 Å². The van der Waals surface area contributed by atoms with Crippen LogP contribution in [0.3, 0.4) is 0 Å². The minimum atomic E-state index is -0.230. The van der Waals surface area contributed by atoms with Crippen molar-refractivity contribution in [2.45, 2.75) is 13.5 Å². The van der Waals surface area contributed by atoms with E-state index in [4.69, 9.17) is 4.74 Å². The molecule has 8 heteroatoms. The molecule has 3 heterocycles. The van der Waals surface area contributed by atoms with Gasteiger partial charge in [-0.3, -0.25) is 9.36 Å². The summed E-state index contributed by atoms with van der Waals surface area (Å²) in [7, 11) is 0. The lowest BCUT2D eigenvalue weighted by Crippen LogP contribution is -2.12. The van der Waals surface area contributed by atoms with Gasteiger partial charge in [-0.2, -0.15) is 0 Å². The van der Waals surface area contributed by atoms with Crippen molar-refractivity contribution in [3.8, 4) is 11.6 Å². The number of hydrogen-bond donors (Lipinski definition) is 1. The molecule has 0 unspecified atom stereocenters. The van der Waals surface area contributed by atoms with Gasteiger partial charge in [0.25, 0.3) is 5.91 Å². The number of rotatable bonds is 6. The van der Waals surface area contributed by atoms with E-state index in [-0.39, 0.29) is 5.91 Å². The Balaban J connectivity index is 1.40. The van der Waals surface area contributed by atoms with E-state index < -0.39 is 0 Å². The molecule has 28 heavy (non-hydrogen) atoms. The average molecular weight is 391 g/mol. The predicted molar refractivity (Wildman–Crippen MR) is 107 cm³/mol. The number of carbonyl (C=O) groups excluding carboxylic acids is 1. The van der Waals surface area contributed by atoms with Crippen molar-refractivity contribution in [2.24, 2.45) is 0 Å². The van der Waals surface area contributed by atoms with Gasteiger partial charge in [-0.05, 0) is 37.3 Å². The second-order valence-corrected chi connectivity index (χ2v) is 7.07. The van der Waals surface area contributed by atoms with Crippen LogP contribution in [0.4, 0.5) is 5.69 Å². The third kappa shape index (κ3) is 4.24. The Morgan fingerprint density at radius 2 is 2.21 bits per heavy atom. The van der Waals surface area contributed by atoms with Crippen LogP contribution in [-0.2, 0) is 6.61 Å². The molecule has 1 amide bonds. The smallest absolute Gasteiger partial charge is 0.255 e. The largest absolute Gasteiger partial charge is 0.487 e. The maximum Gasteiger partial charge on any atom is 0.255 e. The third-order valence-electron chi connectivity index (χ3n) is 3.92. The Bertz CT molecular complexity index is 1070. The van der Waals surface area contributed by atoms with Crippen molar-refractivity contribution < 1.29 is 9.53 Å². The molecule has 7 nitrogen and oxygen atoms in total. The Morgan fingerprint density at radius 3 is 2.93 bits per heavy atom. The van der Waals surface area contributed by atoms with E-state index in [9.17, 15) is 4.79 Å². The molecule has 1 aromatic carbocycles. The van der Waals surface area contributed by atoms with Crippen LogP contribution in [0.2, 0.25) is 0 Å². The maximum absolute atomic E-state index is 12.5. The van der Waals surface area contributed by atoms with E-state index in [0.29, 0.717) is 23.6 Å². The first-order valence-electron chi connectivity index (χ1n) is 8.57. The molecule has 0 spiro atoms. The van der Waals surface area contributed by atoms with E-state index in [1.165, 1.54) is 0 Å². The normalized spacial score (nSPS) is 10.6. The van der Waals surface area contributed by atoms with Crippen LogP contribution >= 0.6 is 11.3 Å². The van der Waals surface area contributed by atoms with Crippen LogP contribution in [0, 0.1) is 6.92 Å². The van der Waals surface area contributed by atoms with Crippen LogP contribution in [0.1, 0.15) is 21.1 Å². The fourth-order valence-corrected chi connectivity index (χ4v) is 3.17. The molecule has 4 rings (SSSR count). The maximum atomic E-state index is 12.5. The van der Waals surface area contributed by atoms with E-state index in [1.54, 1.807) is 65.1 Å². The van der Waals surface area contributed by atoms with Crippen LogP contribution in [0.25, 0.3) is 5.82 Å². The molecule has 0 saturated heterocycles. The molecule has 0 bridgehead atoms. The van der Waals surface area contributed by atoms with Crippen LogP contribution < -0.4 is 10.1 Å². The Labute approximate surface area is 165 Å². The average Bonchev–Trinajstić information content (AvgIpc) is 3.39. The number of pyridine rings is 1. The van der Waals surface area contributed by atoms with Gasteiger partial charge in [-0.1, -0.05) is 6.07 Å². The van der Waals surface area contributed by atoms with Crippen molar-refractivity contribution in [2.75, 3.05) is 5.32 Å². The van der Waals surface area contributed by atoms with Crippen molar-refractivity contribution in [1.29, 1.82) is 0 Å². The molecule has 0 fully saturated rings. The van der Waals surface area contributed by atoms with Crippen molar-refractivity contribution in [3.63, 3.8) is 0 Å². The van der Waals surface area contributed by atoms with Crippen LogP contribution in [0.5, 0.6) is 5.75 Å². The van der Waals surface area contributed by atoms with Crippen molar-refractivity contribution in [3.05, 3.63) is 83.0 Å². The topological polar surface area (TPSA) is 81.9 Å². The number of nitrogens with one attached hydrogen (secondary N) is 1. The number of aryl methyl sites for hydroxylation is 1. The summed E-state index contributed by atoms with van der Waals surface area (Å²) in [4.78, 5) is 25.2. The van der Waals surface area contributed by atoms with E-state index in [2.05, 4.69) is 20.3 Å². The third-order valence-corrected chi connectivity index (χ3v) is 4.75. The first kappa shape index (κ1) is 17.9. The molecule has 0 saturated carbocycles. The van der Waals surface area contributed by atoms with Crippen molar-refractivity contribution in [1.82, 2.24) is 19.5 Å². The summed E-state index contributed by atoms with van der Waals surface area (Å²) in [5.74, 6) is 1.11. The Hall–Kier alpha value is -3.52. The van der Waals surface area contributed by atoms with Crippen LogP contribution in [-0.4, -0.2) is 25.4 Å². The number of ether oxygens (including phenoxy) is 1. The summed E-state index contributed by atoms with van der Waals surface area (Å²) in [6.07, 6.45) is 6.76. The molecule has 0 atom stereocenters. The number of amides is 1. The molecule has 0 aliphatic rings. The second kappa shape index (κ2) is 8.01. The lowest BCUT2D eigenvalue weighted by Gasteiger charge is -2.08. The zero-order chi connectivity index (χ0) is 19.3. The molecule has 140 valence electrons. The fraction of sp³-hybridized carbons (Fsp3) is 0.100. The minimum Gasteiger partial charge on any atom is -0.487 e. The van der Waals surface area contributed by atoms with Gasteiger partial charge in [-0.25, -0.2) is 15.0 Å². The highest BCUT2D eigenvalue weighted by atomic mass is 32.1. The van der Waals surface area contributed by atoms with Gasteiger partial charge >= 0.3 is 0 Å². The lowest BCUT2D eigenvalue weighted by atomic mass is 10.2. The van der Waals surface area contributed by atoms with Gasteiger partial charge in [0.2, 0.25) is 0 Å².